The molecule has 4 aromatic rings. The average molecular weight is 473 g/mol. The molecule has 34 heavy (non-hydrogen) atoms. The zero-order chi connectivity index (χ0) is 23.5. The number of rotatable bonds is 6. The number of carbonyl (C=O) groups excluding carboxylic acids is 1. The number of fused-ring (bicyclic) bond motifs is 1. The molecule has 1 unspecified atom stereocenters. The van der Waals surface area contributed by atoms with Crippen molar-refractivity contribution in [3.05, 3.63) is 81.5 Å². The standard InChI is InChI=1S/C27H28N4O2S/c1-18-9-11-20(12-10-18)22-17-34-24-23(22)29-27(30-26(24)33)31-15-5-8-21(16-31)25(32)28-14-13-19-6-3-2-4-7-19/h2-4,6-7,9-12,17,21H,5,8,13-16H2,1H3,(H,28,32)(H,29,30,33). The first-order chi connectivity index (χ1) is 16.6. The highest BCUT2D eigenvalue weighted by Crippen LogP contribution is 2.32. The highest BCUT2D eigenvalue weighted by atomic mass is 32.1. The molecule has 3 heterocycles. The summed E-state index contributed by atoms with van der Waals surface area (Å²) >= 11 is 1.42. The van der Waals surface area contributed by atoms with E-state index in [1.807, 2.05) is 28.5 Å². The van der Waals surface area contributed by atoms with Gasteiger partial charge in [-0.25, -0.2) is 4.98 Å². The fourth-order valence-electron chi connectivity index (χ4n) is 4.51. The van der Waals surface area contributed by atoms with Gasteiger partial charge in [-0.05, 0) is 37.3 Å². The SMILES string of the molecule is Cc1ccc(-c2csc3c(=O)[nH]c(N4CCCC(C(=O)NCCc5ccccc5)C4)nc23)cc1. The van der Waals surface area contributed by atoms with Crippen LogP contribution in [0.4, 0.5) is 5.95 Å². The van der Waals surface area contributed by atoms with Crippen LogP contribution in [0.5, 0.6) is 0 Å². The fraction of sp³-hybridized carbons (Fsp3) is 0.296. The Balaban J connectivity index is 1.32. The third-order valence-corrected chi connectivity index (χ3v) is 7.39. The molecule has 2 N–H and O–H groups in total. The molecule has 2 aromatic heterocycles. The van der Waals surface area contributed by atoms with Gasteiger partial charge < -0.3 is 10.2 Å². The molecule has 0 saturated carbocycles. The summed E-state index contributed by atoms with van der Waals surface area (Å²) in [5.41, 5.74) is 5.02. The molecule has 0 spiro atoms. The van der Waals surface area contributed by atoms with Gasteiger partial charge in [0.2, 0.25) is 11.9 Å². The molecule has 174 valence electrons. The number of thiophene rings is 1. The fourth-order valence-corrected chi connectivity index (χ4v) is 5.41. The maximum absolute atomic E-state index is 12.8. The van der Waals surface area contributed by atoms with Crippen LogP contribution in [0.25, 0.3) is 21.3 Å². The summed E-state index contributed by atoms with van der Waals surface area (Å²) in [4.78, 5) is 35.5. The van der Waals surface area contributed by atoms with Crippen LogP contribution in [-0.2, 0) is 11.2 Å². The van der Waals surface area contributed by atoms with Crippen LogP contribution in [0.1, 0.15) is 24.0 Å². The van der Waals surface area contributed by atoms with Gasteiger partial charge in [-0.3, -0.25) is 14.6 Å². The number of carbonyl (C=O) groups is 1. The topological polar surface area (TPSA) is 78.1 Å². The van der Waals surface area contributed by atoms with E-state index in [-0.39, 0.29) is 17.4 Å². The molecule has 0 bridgehead atoms. The lowest BCUT2D eigenvalue weighted by Crippen LogP contribution is -2.44. The van der Waals surface area contributed by atoms with Gasteiger partial charge in [0.1, 0.15) is 4.70 Å². The van der Waals surface area contributed by atoms with Crippen LogP contribution in [0.3, 0.4) is 0 Å². The summed E-state index contributed by atoms with van der Waals surface area (Å²) in [5, 5.41) is 5.09. The molecular weight excluding hydrogens is 444 g/mol. The van der Waals surface area contributed by atoms with Crippen LogP contribution in [0.15, 0.2) is 64.8 Å². The zero-order valence-corrected chi connectivity index (χ0v) is 20.0. The minimum atomic E-state index is -0.127. The number of hydrogen-bond donors (Lipinski definition) is 2. The maximum atomic E-state index is 12.8. The Hall–Kier alpha value is -3.45. The predicted molar refractivity (Wildman–Crippen MR) is 139 cm³/mol. The van der Waals surface area contributed by atoms with Crippen LogP contribution in [0.2, 0.25) is 0 Å². The van der Waals surface area contributed by atoms with Crippen molar-refractivity contribution in [2.75, 3.05) is 24.5 Å². The molecule has 0 aliphatic carbocycles. The summed E-state index contributed by atoms with van der Waals surface area (Å²) in [6, 6.07) is 18.4. The summed E-state index contributed by atoms with van der Waals surface area (Å²) in [6.45, 7) is 4.00. The molecule has 5 rings (SSSR count). The molecule has 2 aromatic carbocycles. The first-order valence-electron chi connectivity index (χ1n) is 11.7. The van der Waals surface area contributed by atoms with Crippen molar-refractivity contribution in [3.63, 3.8) is 0 Å². The molecule has 0 radical (unpaired) electrons. The Labute approximate surface area is 202 Å². The van der Waals surface area contributed by atoms with E-state index in [9.17, 15) is 9.59 Å². The van der Waals surface area contributed by atoms with Crippen molar-refractivity contribution >= 4 is 33.4 Å². The number of aromatic amines is 1. The maximum Gasteiger partial charge on any atom is 0.270 e. The number of H-pyrrole nitrogens is 1. The summed E-state index contributed by atoms with van der Waals surface area (Å²) in [7, 11) is 0. The second-order valence-corrected chi connectivity index (χ2v) is 9.77. The molecule has 1 amide bonds. The number of aromatic nitrogens is 2. The first-order valence-corrected chi connectivity index (χ1v) is 12.6. The van der Waals surface area contributed by atoms with E-state index >= 15 is 0 Å². The third-order valence-electron chi connectivity index (χ3n) is 6.42. The third kappa shape index (κ3) is 4.75. The van der Waals surface area contributed by atoms with Crippen LogP contribution in [0, 0.1) is 12.8 Å². The molecule has 1 saturated heterocycles. The highest BCUT2D eigenvalue weighted by Gasteiger charge is 2.27. The molecule has 1 atom stereocenters. The van der Waals surface area contributed by atoms with Gasteiger partial charge in [-0.2, -0.15) is 0 Å². The molecule has 1 aliphatic rings. The summed E-state index contributed by atoms with van der Waals surface area (Å²) in [5.74, 6) is 0.496. The summed E-state index contributed by atoms with van der Waals surface area (Å²) < 4.78 is 0.631. The van der Waals surface area contributed by atoms with Crippen LogP contribution < -0.4 is 15.8 Å². The Morgan fingerprint density at radius 2 is 1.97 bits per heavy atom. The van der Waals surface area contributed by atoms with Crippen LogP contribution in [-0.4, -0.2) is 35.5 Å². The van der Waals surface area contributed by atoms with Gasteiger partial charge in [-0.15, -0.1) is 11.3 Å². The zero-order valence-electron chi connectivity index (χ0n) is 19.2. The Morgan fingerprint density at radius 1 is 1.18 bits per heavy atom. The Bertz CT molecular complexity index is 1340. The van der Waals surface area contributed by atoms with E-state index in [1.54, 1.807) is 0 Å². The first kappa shape index (κ1) is 22.3. The van der Waals surface area contributed by atoms with Gasteiger partial charge in [0.15, 0.2) is 0 Å². The van der Waals surface area contributed by atoms with Crippen molar-refractivity contribution < 1.29 is 4.79 Å². The number of piperidine rings is 1. The van der Waals surface area contributed by atoms with Gasteiger partial charge in [0, 0.05) is 30.6 Å². The number of aryl methyl sites for hydroxylation is 1. The largest absolute Gasteiger partial charge is 0.355 e. The van der Waals surface area contributed by atoms with Gasteiger partial charge in [0.25, 0.3) is 5.56 Å². The number of hydrogen-bond acceptors (Lipinski definition) is 5. The van der Waals surface area contributed by atoms with E-state index in [2.05, 4.69) is 53.6 Å². The molecule has 1 fully saturated rings. The minimum Gasteiger partial charge on any atom is -0.355 e. The van der Waals surface area contributed by atoms with E-state index in [4.69, 9.17) is 4.98 Å². The second kappa shape index (κ2) is 9.81. The monoisotopic (exact) mass is 472 g/mol. The number of anilines is 1. The summed E-state index contributed by atoms with van der Waals surface area (Å²) in [6.07, 6.45) is 2.54. The predicted octanol–water partition coefficient (Wildman–Crippen LogP) is 4.54. The van der Waals surface area contributed by atoms with Crippen LogP contribution >= 0.6 is 11.3 Å². The van der Waals surface area contributed by atoms with E-state index in [1.165, 1.54) is 22.5 Å². The van der Waals surface area contributed by atoms with Gasteiger partial charge in [0.05, 0.1) is 11.4 Å². The lowest BCUT2D eigenvalue weighted by molar-refractivity contribution is -0.125. The van der Waals surface area contributed by atoms with Crippen molar-refractivity contribution in [2.45, 2.75) is 26.2 Å². The molecule has 1 aliphatic heterocycles. The number of nitrogens with zero attached hydrogens (tertiary/aromatic N) is 2. The van der Waals surface area contributed by atoms with E-state index in [0.717, 1.165) is 42.5 Å². The number of nitrogens with one attached hydrogen (secondary N) is 2. The van der Waals surface area contributed by atoms with Crippen molar-refractivity contribution in [1.82, 2.24) is 15.3 Å². The minimum absolute atomic E-state index is 0.0694. The Morgan fingerprint density at radius 3 is 2.76 bits per heavy atom. The second-order valence-electron chi connectivity index (χ2n) is 8.89. The highest BCUT2D eigenvalue weighted by molar-refractivity contribution is 7.17. The molecule has 7 heteroatoms. The number of amides is 1. The van der Waals surface area contributed by atoms with E-state index in [0.29, 0.717) is 23.7 Å². The molecule has 6 nitrogen and oxygen atoms in total. The van der Waals surface area contributed by atoms with Crippen molar-refractivity contribution in [2.24, 2.45) is 5.92 Å². The lowest BCUT2D eigenvalue weighted by Gasteiger charge is -2.32. The normalized spacial score (nSPS) is 16.0. The molecular formula is C27H28N4O2S. The van der Waals surface area contributed by atoms with Crippen molar-refractivity contribution in [1.29, 1.82) is 0 Å². The Kier molecular flexibility index (Phi) is 6.45. The smallest absolute Gasteiger partial charge is 0.270 e. The van der Waals surface area contributed by atoms with Gasteiger partial charge in [-0.1, -0.05) is 60.2 Å². The van der Waals surface area contributed by atoms with Gasteiger partial charge >= 0.3 is 0 Å². The lowest BCUT2D eigenvalue weighted by atomic mass is 9.97. The number of benzene rings is 2. The average Bonchev–Trinajstić information content (AvgIpc) is 3.30. The van der Waals surface area contributed by atoms with Crippen molar-refractivity contribution in [3.8, 4) is 11.1 Å². The van der Waals surface area contributed by atoms with E-state index < -0.39 is 0 Å². The quantitative estimate of drug-likeness (QED) is 0.432.